The van der Waals surface area contributed by atoms with Crippen molar-refractivity contribution in [3.8, 4) is 10.6 Å². The molecule has 0 amide bonds. The number of thiophene rings is 1. The van der Waals surface area contributed by atoms with Crippen molar-refractivity contribution in [1.82, 2.24) is 9.97 Å². The molecule has 100 valence electrons. The second-order valence-electron chi connectivity index (χ2n) is 4.20. The Morgan fingerprint density at radius 2 is 1.90 bits per heavy atom. The van der Waals surface area contributed by atoms with Crippen LogP contribution < -0.4 is 5.32 Å². The molecule has 0 radical (unpaired) electrons. The molecular formula is C15H12ClN3S. The maximum absolute atomic E-state index is 5.81. The number of nitrogens with zero attached hydrogens (tertiary/aromatic N) is 2. The topological polar surface area (TPSA) is 37.8 Å². The number of para-hydroxylation sites is 1. The number of halogens is 1. The molecule has 0 atom stereocenters. The summed E-state index contributed by atoms with van der Waals surface area (Å²) in [4.78, 5) is 10.5. The average molecular weight is 302 g/mol. The molecule has 0 aliphatic rings. The highest BCUT2D eigenvalue weighted by Gasteiger charge is 2.05. The molecule has 1 N–H and O–H groups in total. The highest BCUT2D eigenvalue weighted by atomic mass is 35.5. The van der Waals surface area contributed by atoms with Gasteiger partial charge in [0, 0.05) is 23.3 Å². The van der Waals surface area contributed by atoms with Crippen LogP contribution in [0.5, 0.6) is 0 Å². The molecule has 2 aromatic heterocycles. The predicted molar refractivity (Wildman–Crippen MR) is 84.1 cm³/mol. The first-order chi connectivity index (χ1) is 9.81. The lowest BCUT2D eigenvalue weighted by atomic mass is 10.3. The van der Waals surface area contributed by atoms with Crippen molar-refractivity contribution in [2.24, 2.45) is 0 Å². The van der Waals surface area contributed by atoms with Gasteiger partial charge in [-0.25, -0.2) is 9.97 Å². The van der Waals surface area contributed by atoms with Crippen LogP contribution >= 0.6 is 22.9 Å². The number of hydrogen-bond donors (Lipinski definition) is 1. The third-order valence-corrected chi connectivity index (χ3v) is 4.07. The first-order valence-electron chi connectivity index (χ1n) is 6.18. The SMILES string of the molecule is Clc1nccc(-c2ccc(CNc3ccccc3)s2)n1. The van der Waals surface area contributed by atoms with Gasteiger partial charge in [0.2, 0.25) is 5.28 Å². The zero-order valence-electron chi connectivity index (χ0n) is 10.6. The van der Waals surface area contributed by atoms with Crippen LogP contribution in [0.3, 0.4) is 0 Å². The van der Waals surface area contributed by atoms with E-state index >= 15 is 0 Å². The van der Waals surface area contributed by atoms with Crippen molar-refractivity contribution >= 4 is 28.6 Å². The van der Waals surface area contributed by atoms with E-state index in [0.717, 1.165) is 22.8 Å². The number of aromatic nitrogens is 2. The summed E-state index contributed by atoms with van der Waals surface area (Å²) >= 11 is 7.52. The number of benzene rings is 1. The molecule has 3 nitrogen and oxygen atoms in total. The van der Waals surface area contributed by atoms with Gasteiger partial charge < -0.3 is 5.32 Å². The van der Waals surface area contributed by atoms with Crippen molar-refractivity contribution in [3.05, 3.63) is 64.9 Å². The van der Waals surface area contributed by atoms with Crippen LogP contribution in [0.1, 0.15) is 4.88 Å². The Morgan fingerprint density at radius 1 is 1.05 bits per heavy atom. The molecule has 2 heterocycles. The van der Waals surface area contributed by atoms with E-state index in [9.17, 15) is 0 Å². The lowest BCUT2D eigenvalue weighted by Gasteiger charge is -2.03. The summed E-state index contributed by atoms with van der Waals surface area (Å²) in [5.74, 6) is 0. The van der Waals surface area contributed by atoms with Crippen LogP contribution in [0.15, 0.2) is 54.7 Å². The Kier molecular flexibility index (Phi) is 3.95. The van der Waals surface area contributed by atoms with E-state index in [1.165, 1.54) is 4.88 Å². The molecule has 0 saturated heterocycles. The van der Waals surface area contributed by atoms with Gasteiger partial charge in [0.05, 0.1) is 10.6 Å². The smallest absolute Gasteiger partial charge is 0.222 e. The van der Waals surface area contributed by atoms with E-state index in [1.54, 1.807) is 17.5 Å². The summed E-state index contributed by atoms with van der Waals surface area (Å²) in [7, 11) is 0. The lowest BCUT2D eigenvalue weighted by Crippen LogP contribution is -1.96. The molecule has 3 rings (SSSR count). The van der Waals surface area contributed by atoms with Gasteiger partial charge in [0.15, 0.2) is 0 Å². The van der Waals surface area contributed by atoms with Crippen LogP contribution in [0, 0.1) is 0 Å². The third-order valence-electron chi connectivity index (χ3n) is 2.78. The Labute approximate surface area is 126 Å². The van der Waals surface area contributed by atoms with Crippen molar-refractivity contribution in [1.29, 1.82) is 0 Å². The summed E-state index contributed by atoms with van der Waals surface area (Å²) in [5, 5.41) is 3.67. The van der Waals surface area contributed by atoms with Crippen molar-refractivity contribution in [2.45, 2.75) is 6.54 Å². The summed E-state index contributed by atoms with van der Waals surface area (Å²) in [6.45, 7) is 0.799. The van der Waals surface area contributed by atoms with Crippen LogP contribution in [-0.4, -0.2) is 9.97 Å². The average Bonchev–Trinajstić information content (AvgIpc) is 2.95. The fourth-order valence-electron chi connectivity index (χ4n) is 1.83. The van der Waals surface area contributed by atoms with Crippen LogP contribution in [0.2, 0.25) is 5.28 Å². The molecule has 20 heavy (non-hydrogen) atoms. The van der Waals surface area contributed by atoms with Gasteiger partial charge in [-0.2, -0.15) is 0 Å². The molecule has 5 heteroatoms. The predicted octanol–water partition coefficient (Wildman–Crippen LogP) is 4.47. The van der Waals surface area contributed by atoms with Crippen LogP contribution in [0.4, 0.5) is 5.69 Å². The molecule has 0 unspecified atom stereocenters. The van der Waals surface area contributed by atoms with Gasteiger partial charge >= 0.3 is 0 Å². The molecule has 0 fully saturated rings. The van der Waals surface area contributed by atoms with Gasteiger partial charge in [-0.15, -0.1) is 11.3 Å². The first kappa shape index (κ1) is 13.1. The molecule has 0 spiro atoms. The Morgan fingerprint density at radius 3 is 2.70 bits per heavy atom. The van der Waals surface area contributed by atoms with Gasteiger partial charge in [-0.3, -0.25) is 0 Å². The number of hydrogen-bond acceptors (Lipinski definition) is 4. The summed E-state index contributed by atoms with van der Waals surface area (Å²) in [6.07, 6.45) is 1.67. The van der Waals surface area contributed by atoms with Gasteiger partial charge in [0.1, 0.15) is 0 Å². The minimum absolute atomic E-state index is 0.278. The van der Waals surface area contributed by atoms with E-state index in [-0.39, 0.29) is 5.28 Å². The van der Waals surface area contributed by atoms with Gasteiger partial charge in [-0.05, 0) is 41.9 Å². The quantitative estimate of drug-likeness (QED) is 0.722. The van der Waals surface area contributed by atoms with Crippen LogP contribution in [0.25, 0.3) is 10.6 Å². The minimum Gasteiger partial charge on any atom is -0.380 e. The highest BCUT2D eigenvalue weighted by Crippen LogP contribution is 2.27. The first-order valence-corrected chi connectivity index (χ1v) is 7.37. The third kappa shape index (κ3) is 3.15. The second-order valence-corrected chi connectivity index (χ2v) is 5.70. The number of nitrogens with one attached hydrogen (secondary N) is 1. The van der Waals surface area contributed by atoms with E-state index in [4.69, 9.17) is 11.6 Å². The van der Waals surface area contributed by atoms with Crippen LogP contribution in [-0.2, 0) is 6.54 Å². The van der Waals surface area contributed by atoms with Crippen molar-refractivity contribution in [2.75, 3.05) is 5.32 Å². The summed E-state index contributed by atoms with van der Waals surface area (Å²) in [5.41, 5.74) is 1.98. The molecule has 3 aromatic rings. The molecule has 0 bridgehead atoms. The Bertz CT molecular complexity index is 697. The molecule has 0 aliphatic heterocycles. The van der Waals surface area contributed by atoms with E-state index in [0.29, 0.717) is 0 Å². The highest BCUT2D eigenvalue weighted by molar-refractivity contribution is 7.15. The summed E-state index contributed by atoms with van der Waals surface area (Å²) < 4.78 is 0. The lowest BCUT2D eigenvalue weighted by molar-refractivity contribution is 1.18. The molecule has 0 aliphatic carbocycles. The minimum atomic E-state index is 0.278. The maximum Gasteiger partial charge on any atom is 0.222 e. The maximum atomic E-state index is 5.81. The second kappa shape index (κ2) is 6.03. The van der Waals surface area contributed by atoms with Crippen molar-refractivity contribution < 1.29 is 0 Å². The molecular weight excluding hydrogens is 290 g/mol. The fourth-order valence-corrected chi connectivity index (χ4v) is 2.89. The van der Waals surface area contributed by atoms with E-state index in [2.05, 4.69) is 39.6 Å². The largest absolute Gasteiger partial charge is 0.380 e. The Hall–Kier alpha value is -1.91. The van der Waals surface area contributed by atoms with E-state index < -0.39 is 0 Å². The molecule has 1 aromatic carbocycles. The summed E-state index contributed by atoms with van der Waals surface area (Å²) in [6, 6.07) is 16.2. The standard InChI is InChI=1S/C15H12ClN3S/c16-15-17-9-8-13(19-15)14-7-6-12(20-14)10-18-11-4-2-1-3-5-11/h1-9,18H,10H2. The normalized spacial score (nSPS) is 10.4. The van der Waals surface area contributed by atoms with Gasteiger partial charge in [-0.1, -0.05) is 18.2 Å². The number of anilines is 1. The fraction of sp³-hybridized carbons (Fsp3) is 0.0667. The van der Waals surface area contributed by atoms with Gasteiger partial charge in [0.25, 0.3) is 0 Å². The Balaban J connectivity index is 1.71. The zero-order chi connectivity index (χ0) is 13.8. The van der Waals surface area contributed by atoms with Crippen molar-refractivity contribution in [3.63, 3.8) is 0 Å². The zero-order valence-corrected chi connectivity index (χ0v) is 12.2. The van der Waals surface area contributed by atoms with E-state index in [1.807, 2.05) is 24.3 Å². The monoisotopic (exact) mass is 301 g/mol. The number of rotatable bonds is 4. The molecule has 0 saturated carbocycles.